The van der Waals surface area contributed by atoms with Crippen LogP contribution in [0.25, 0.3) is 80.7 Å². The van der Waals surface area contributed by atoms with Gasteiger partial charge in [0.05, 0.1) is 11.0 Å². The van der Waals surface area contributed by atoms with Gasteiger partial charge in [-0.3, -0.25) is 5.32 Å². The molecule has 5 nitrogen and oxygen atoms in total. The Morgan fingerprint density at radius 2 is 1.26 bits per heavy atom. The number of nitrogens with zero attached hydrogens (tertiary/aromatic N) is 2. The smallest absolute Gasteiger partial charge is 0.135 e. The van der Waals surface area contributed by atoms with E-state index in [1.165, 1.54) is 58.8 Å². The summed E-state index contributed by atoms with van der Waals surface area (Å²) in [4.78, 5) is 5.17. The summed E-state index contributed by atoms with van der Waals surface area (Å²) in [6, 6.07) is 65.0. The summed E-state index contributed by atoms with van der Waals surface area (Å²) in [5.74, 6) is 0.861. The van der Waals surface area contributed by atoms with Gasteiger partial charge in [0.25, 0.3) is 0 Å². The zero-order valence-corrected chi connectivity index (χ0v) is 31.5. The van der Waals surface area contributed by atoms with Gasteiger partial charge in [0.2, 0.25) is 0 Å². The molecule has 0 spiro atoms. The lowest BCUT2D eigenvalue weighted by Gasteiger charge is -2.32. The minimum Gasteiger partial charge on any atom is -0.456 e. The highest BCUT2D eigenvalue weighted by molar-refractivity contribution is 7.26. The number of aromatic nitrogens is 1. The van der Waals surface area contributed by atoms with Crippen molar-refractivity contribution in [3.05, 3.63) is 199 Å². The molecule has 3 aromatic heterocycles. The summed E-state index contributed by atoms with van der Waals surface area (Å²) in [7, 11) is 0. The van der Waals surface area contributed by atoms with Crippen molar-refractivity contribution in [2.75, 3.05) is 0 Å². The number of aliphatic imine (C=N–C) groups is 1. The van der Waals surface area contributed by atoms with E-state index in [1.807, 2.05) is 35.6 Å². The molecule has 57 heavy (non-hydrogen) atoms. The second-order valence-electron chi connectivity index (χ2n) is 14.8. The molecule has 0 saturated carbocycles. The molecular formula is C51H34N4OS. The number of furan rings is 1. The van der Waals surface area contributed by atoms with Gasteiger partial charge in [-0.1, -0.05) is 127 Å². The lowest BCUT2D eigenvalue weighted by Crippen LogP contribution is -2.44. The van der Waals surface area contributed by atoms with E-state index in [0.29, 0.717) is 0 Å². The van der Waals surface area contributed by atoms with Gasteiger partial charge in [-0.25, -0.2) is 4.99 Å². The van der Waals surface area contributed by atoms with Crippen LogP contribution in [-0.4, -0.2) is 10.4 Å². The van der Waals surface area contributed by atoms with Gasteiger partial charge in [-0.05, 0) is 76.9 Å². The lowest BCUT2D eigenvalue weighted by atomic mass is 9.97. The molecule has 4 heterocycles. The number of thiophene rings is 1. The fourth-order valence-electron chi connectivity index (χ4n) is 8.82. The second kappa shape index (κ2) is 12.8. The van der Waals surface area contributed by atoms with Crippen LogP contribution in [0.4, 0.5) is 0 Å². The van der Waals surface area contributed by atoms with Crippen molar-refractivity contribution >= 4 is 81.1 Å². The van der Waals surface area contributed by atoms with Gasteiger partial charge in [0.1, 0.15) is 29.3 Å². The molecule has 270 valence electrons. The first kappa shape index (κ1) is 32.3. The number of nitrogens with one attached hydrogen (secondary N) is 2. The topological polar surface area (TPSA) is 54.5 Å². The van der Waals surface area contributed by atoms with Crippen LogP contribution >= 0.6 is 11.3 Å². The molecular weight excluding hydrogens is 717 g/mol. The standard InChI is InChI=1S/C51H34N4OS/c1-3-12-31(13-4-1)49-52-50(32-14-5-2-6-15-32)54-51(53-49)34-22-25-39-40-28-33(23-26-44(40)56-45(39)29-34)36-18-11-21-47-48(36)41-30-35(24-27-46(41)57-47)55-42-19-9-7-16-37(42)38-17-8-10-20-43(38)55/h1-30,49,51,53H,(H,52,54). The highest BCUT2D eigenvalue weighted by Gasteiger charge is 2.26. The molecule has 1 aliphatic rings. The number of hydrogen-bond acceptors (Lipinski definition) is 5. The van der Waals surface area contributed by atoms with Crippen LogP contribution in [-0.2, 0) is 0 Å². The molecule has 11 aromatic rings. The van der Waals surface area contributed by atoms with Gasteiger partial charge in [0, 0.05) is 53.0 Å². The van der Waals surface area contributed by atoms with E-state index >= 15 is 0 Å². The van der Waals surface area contributed by atoms with E-state index in [4.69, 9.17) is 9.41 Å². The van der Waals surface area contributed by atoms with Gasteiger partial charge in [0.15, 0.2) is 0 Å². The van der Waals surface area contributed by atoms with Crippen LogP contribution in [0.3, 0.4) is 0 Å². The third-order valence-corrected chi connectivity index (χ3v) is 12.6. The Kier molecular flexibility index (Phi) is 7.24. The summed E-state index contributed by atoms with van der Waals surface area (Å²) < 4.78 is 11.5. The average molecular weight is 751 g/mol. The predicted molar refractivity (Wildman–Crippen MR) is 238 cm³/mol. The van der Waals surface area contributed by atoms with Crippen molar-refractivity contribution in [2.45, 2.75) is 12.3 Å². The summed E-state index contributed by atoms with van der Waals surface area (Å²) in [6.45, 7) is 0. The Labute approximate surface area is 332 Å². The Bertz CT molecular complexity index is 3320. The minimum atomic E-state index is -0.267. The van der Waals surface area contributed by atoms with Gasteiger partial charge in [-0.15, -0.1) is 11.3 Å². The van der Waals surface area contributed by atoms with Gasteiger partial charge >= 0.3 is 0 Å². The number of amidine groups is 1. The van der Waals surface area contributed by atoms with Crippen molar-refractivity contribution in [3.63, 3.8) is 0 Å². The van der Waals surface area contributed by atoms with Crippen molar-refractivity contribution in [2.24, 2.45) is 4.99 Å². The Balaban J connectivity index is 0.960. The zero-order chi connectivity index (χ0) is 37.5. The largest absolute Gasteiger partial charge is 0.456 e. The fraction of sp³-hybridized carbons (Fsp3) is 0.0392. The summed E-state index contributed by atoms with van der Waals surface area (Å²) >= 11 is 1.86. The maximum atomic E-state index is 6.58. The monoisotopic (exact) mass is 750 g/mol. The first-order valence-corrected chi connectivity index (χ1v) is 20.2. The molecule has 2 unspecified atom stereocenters. The molecule has 2 atom stereocenters. The molecule has 8 aromatic carbocycles. The molecule has 0 radical (unpaired) electrons. The first-order valence-electron chi connectivity index (χ1n) is 19.3. The van der Waals surface area contributed by atoms with Crippen LogP contribution in [0, 0.1) is 0 Å². The van der Waals surface area contributed by atoms with Gasteiger partial charge < -0.3 is 14.3 Å². The second-order valence-corrected chi connectivity index (χ2v) is 15.9. The third-order valence-electron chi connectivity index (χ3n) is 11.5. The summed E-state index contributed by atoms with van der Waals surface area (Å²) in [5, 5.41) is 14.6. The molecule has 0 fully saturated rings. The van der Waals surface area contributed by atoms with Crippen LogP contribution < -0.4 is 10.6 Å². The molecule has 1 aliphatic heterocycles. The SMILES string of the molecule is c1ccc(C2=NC(c3ccc4c(c3)oc3ccc(-c5cccc6sc7ccc(-n8c9ccccc9c9ccccc98)cc7c56)cc34)NC(c3ccccc3)N2)cc1. The summed E-state index contributed by atoms with van der Waals surface area (Å²) in [5.41, 5.74) is 11.0. The quantitative estimate of drug-likeness (QED) is 0.184. The van der Waals surface area contributed by atoms with Crippen LogP contribution in [0.5, 0.6) is 0 Å². The molecule has 0 bridgehead atoms. The Hall–Kier alpha value is -6.99. The normalized spacial score (nSPS) is 15.9. The van der Waals surface area contributed by atoms with Crippen molar-refractivity contribution in [3.8, 4) is 16.8 Å². The average Bonchev–Trinajstić information content (AvgIpc) is 3.95. The molecule has 12 rings (SSSR count). The van der Waals surface area contributed by atoms with Crippen LogP contribution in [0.2, 0.25) is 0 Å². The van der Waals surface area contributed by atoms with E-state index < -0.39 is 0 Å². The number of rotatable bonds is 5. The molecule has 0 aliphatic carbocycles. The third kappa shape index (κ3) is 5.22. The molecule has 6 heteroatoms. The van der Waals surface area contributed by atoms with Crippen molar-refractivity contribution in [1.82, 2.24) is 15.2 Å². The van der Waals surface area contributed by atoms with Crippen molar-refractivity contribution < 1.29 is 4.42 Å². The van der Waals surface area contributed by atoms with E-state index in [2.05, 4.69) is 173 Å². The molecule has 0 amide bonds. The zero-order valence-electron chi connectivity index (χ0n) is 30.7. The van der Waals surface area contributed by atoms with Crippen LogP contribution in [0.15, 0.2) is 191 Å². The van der Waals surface area contributed by atoms with E-state index in [1.54, 1.807) is 0 Å². The maximum Gasteiger partial charge on any atom is 0.135 e. The summed E-state index contributed by atoms with van der Waals surface area (Å²) in [6.07, 6.45) is -0.372. The Morgan fingerprint density at radius 3 is 2.07 bits per heavy atom. The Morgan fingerprint density at radius 1 is 0.509 bits per heavy atom. The molecule has 0 saturated heterocycles. The fourth-order valence-corrected chi connectivity index (χ4v) is 9.93. The molecule has 2 N–H and O–H groups in total. The number of para-hydroxylation sites is 2. The van der Waals surface area contributed by atoms with E-state index in [0.717, 1.165) is 44.5 Å². The van der Waals surface area contributed by atoms with Gasteiger partial charge in [-0.2, -0.15) is 0 Å². The van der Waals surface area contributed by atoms with Crippen molar-refractivity contribution in [1.29, 1.82) is 0 Å². The highest BCUT2D eigenvalue weighted by Crippen LogP contribution is 2.43. The van der Waals surface area contributed by atoms with E-state index in [-0.39, 0.29) is 12.3 Å². The minimum absolute atomic E-state index is 0.105. The first-order chi connectivity index (χ1) is 28.2. The number of benzene rings is 8. The van der Waals surface area contributed by atoms with Crippen LogP contribution in [0.1, 0.15) is 29.0 Å². The lowest BCUT2D eigenvalue weighted by molar-refractivity contribution is 0.409. The predicted octanol–water partition coefficient (Wildman–Crippen LogP) is 13.1. The number of hydrogen-bond donors (Lipinski definition) is 2. The van der Waals surface area contributed by atoms with E-state index in [9.17, 15) is 0 Å². The maximum absolute atomic E-state index is 6.58. The number of fused-ring (bicyclic) bond motifs is 9. The highest BCUT2D eigenvalue weighted by atomic mass is 32.1.